The van der Waals surface area contributed by atoms with Crippen LogP contribution in [0, 0.1) is 10.8 Å². The van der Waals surface area contributed by atoms with E-state index in [1.165, 1.54) is 0 Å². The molecule has 0 aliphatic heterocycles. The average molecular weight is 265 g/mol. The zero-order valence-corrected chi connectivity index (χ0v) is 11.3. The highest BCUT2D eigenvalue weighted by Crippen LogP contribution is 2.22. The molecular formula is C12H25F2N3O. The summed E-state index contributed by atoms with van der Waals surface area (Å²) in [4.78, 5) is 1.56. The number of rotatable bonds is 10. The summed E-state index contributed by atoms with van der Waals surface area (Å²) in [5.74, 6) is 0.155. The van der Waals surface area contributed by atoms with Gasteiger partial charge in [-0.25, -0.2) is 8.78 Å². The highest BCUT2D eigenvalue weighted by Gasteiger charge is 2.21. The summed E-state index contributed by atoms with van der Waals surface area (Å²) in [5.41, 5.74) is 5.14. The van der Waals surface area contributed by atoms with E-state index in [2.05, 4.69) is 0 Å². The number of alkyl halides is 2. The van der Waals surface area contributed by atoms with Crippen LogP contribution in [-0.4, -0.2) is 48.5 Å². The number of nitrogens with zero attached hydrogens (tertiary/aromatic N) is 1. The number of aliphatic hydroxyl groups is 1. The van der Waals surface area contributed by atoms with Crippen molar-refractivity contribution < 1.29 is 13.9 Å². The summed E-state index contributed by atoms with van der Waals surface area (Å²) in [6.45, 7) is 4.22. The summed E-state index contributed by atoms with van der Waals surface area (Å²) in [6.07, 6.45) is -0.00395. The fourth-order valence-corrected chi connectivity index (χ4v) is 1.67. The number of hydrogen-bond donors (Lipinski definition) is 3. The second kappa shape index (κ2) is 8.37. The third-order valence-electron chi connectivity index (χ3n) is 3.07. The molecule has 4 N–H and O–H groups in total. The van der Waals surface area contributed by atoms with E-state index in [0.717, 1.165) is 19.3 Å². The minimum absolute atomic E-state index is 0.105. The topological polar surface area (TPSA) is 73.3 Å². The van der Waals surface area contributed by atoms with Gasteiger partial charge in [-0.1, -0.05) is 20.3 Å². The van der Waals surface area contributed by atoms with Gasteiger partial charge in [-0.2, -0.15) is 0 Å². The minimum atomic E-state index is -2.37. The molecule has 0 radical (unpaired) electrons. The number of unbranched alkanes of at least 4 members (excludes halogenated alkanes) is 1. The van der Waals surface area contributed by atoms with Crippen LogP contribution < -0.4 is 5.73 Å². The molecule has 0 bridgehead atoms. The van der Waals surface area contributed by atoms with Gasteiger partial charge in [0.25, 0.3) is 6.43 Å². The van der Waals surface area contributed by atoms with Crippen molar-refractivity contribution in [2.75, 3.05) is 26.2 Å². The van der Waals surface area contributed by atoms with Crippen LogP contribution in [0.5, 0.6) is 0 Å². The highest BCUT2D eigenvalue weighted by atomic mass is 19.3. The maximum atomic E-state index is 12.2. The van der Waals surface area contributed by atoms with Gasteiger partial charge in [-0.15, -0.1) is 0 Å². The molecule has 0 aromatic rings. The van der Waals surface area contributed by atoms with Gasteiger partial charge in [0, 0.05) is 12.0 Å². The van der Waals surface area contributed by atoms with E-state index < -0.39 is 6.43 Å². The standard InChI is InChI=1S/C12H25F2N3O/c1-12(2,11(15)16)5-3-4-6-17(7-8-18)9-10(13)14/h10,18H,3-9H2,1-2H3,(H3,15,16). The lowest BCUT2D eigenvalue weighted by molar-refractivity contribution is 0.0771. The molecule has 0 aliphatic rings. The van der Waals surface area contributed by atoms with Crippen LogP contribution in [0.1, 0.15) is 33.1 Å². The zero-order chi connectivity index (χ0) is 14.2. The predicted octanol–water partition coefficient (Wildman–Crippen LogP) is 1.68. The maximum absolute atomic E-state index is 12.2. The van der Waals surface area contributed by atoms with Crippen molar-refractivity contribution in [1.29, 1.82) is 5.41 Å². The van der Waals surface area contributed by atoms with Gasteiger partial charge in [0.15, 0.2) is 0 Å². The van der Waals surface area contributed by atoms with E-state index in [1.807, 2.05) is 13.8 Å². The summed E-state index contributed by atoms with van der Waals surface area (Å²) in [5, 5.41) is 16.2. The summed E-state index contributed by atoms with van der Waals surface area (Å²) in [7, 11) is 0. The first-order chi connectivity index (χ1) is 8.29. The highest BCUT2D eigenvalue weighted by molar-refractivity contribution is 5.82. The second-order valence-electron chi connectivity index (χ2n) is 5.17. The number of aliphatic hydroxyl groups excluding tert-OH is 1. The molecule has 6 heteroatoms. The van der Waals surface area contributed by atoms with E-state index in [1.54, 1.807) is 4.90 Å². The molecular weight excluding hydrogens is 240 g/mol. The molecule has 0 aromatic heterocycles. The van der Waals surface area contributed by atoms with Gasteiger partial charge in [-0.3, -0.25) is 10.3 Å². The number of hydrogen-bond acceptors (Lipinski definition) is 3. The van der Waals surface area contributed by atoms with Crippen LogP contribution >= 0.6 is 0 Å². The van der Waals surface area contributed by atoms with Crippen molar-refractivity contribution in [3.63, 3.8) is 0 Å². The Morgan fingerprint density at radius 1 is 1.33 bits per heavy atom. The Kier molecular flexibility index (Phi) is 8.02. The zero-order valence-electron chi connectivity index (χ0n) is 11.3. The largest absolute Gasteiger partial charge is 0.395 e. The van der Waals surface area contributed by atoms with Crippen molar-refractivity contribution in [3.8, 4) is 0 Å². The molecule has 4 nitrogen and oxygen atoms in total. The molecule has 0 unspecified atom stereocenters. The lowest BCUT2D eigenvalue weighted by atomic mass is 9.86. The Morgan fingerprint density at radius 3 is 2.39 bits per heavy atom. The average Bonchev–Trinajstić information content (AvgIpc) is 2.23. The summed E-state index contributed by atoms with van der Waals surface area (Å²) >= 11 is 0. The molecule has 0 fully saturated rings. The Bertz CT molecular complexity index is 247. The summed E-state index contributed by atoms with van der Waals surface area (Å²) in [6, 6.07) is 0. The second-order valence-corrected chi connectivity index (χ2v) is 5.17. The van der Waals surface area contributed by atoms with E-state index in [4.69, 9.17) is 16.2 Å². The lowest BCUT2D eigenvalue weighted by Crippen LogP contribution is -2.33. The molecule has 108 valence electrons. The van der Waals surface area contributed by atoms with Gasteiger partial charge in [0.05, 0.1) is 19.0 Å². The fourth-order valence-electron chi connectivity index (χ4n) is 1.67. The van der Waals surface area contributed by atoms with Gasteiger partial charge < -0.3 is 10.8 Å². The molecule has 0 saturated heterocycles. The van der Waals surface area contributed by atoms with Crippen LogP contribution in [0.4, 0.5) is 8.78 Å². The molecule has 0 aromatic carbocycles. The van der Waals surface area contributed by atoms with E-state index >= 15 is 0 Å². The van der Waals surface area contributed by atoms with E-state index in [0.29, 0.717) is 6.54 Å². The van der Waals surface area contributed by atoms with Gasteiger partial charge in [0.2, 0.25) is 0 Å². The first kappa shape index (κ1) is 17.2. The predicted molar refractivity (Wildman–Crippen MR) is 69.1 cm³/mol. The molecule has 0 spiro atoms. The smallest absolute Gasteiger partial charge is 0.251 e. The van der Waals surface area contributed by atoms with Crippen molar-refractivity contribution in [1.82, 2.24) is 4.90 Å². The van der Waals surface area contributed by atoms with Crippen LogP contribution in [0.15, 0.2) is 0 Å². The summed E-state index contributed by atoms with van der Waals surface area (Å²) < 4.78 is 24.5. The monoisotopic (exact) mass is 265 g/mol. The molecule has 0 amide bonds. The van der Waals surface area contributed by atoms with Gasteiger partial charge in [0.1, 0.15) is 0 Å². The number of halogens is 2. The Labute approximate surface area is 108 Å². The Balaban J connectivity index is 3.89. The van der Waals surface area contributed by atoms with Crippen molar-refractivity contribution in [2.45, 2.75) is 39.5 Å². The molecule has 0 atom stereocenters. The number of nitrogens with one attached hydrogen (secondary N) is 1. The van der Waals surface area contributed by atoms with Crippen LogP contribution in [-0.2, 0) is 0 Å². The molecule has 18 heavy (non-hydrogen) atoms. The van der Waals surface area contributed by atoms with Crippen LogP contribution in [0.25, 0.3) is 0 Å². The molecule has 0 rings (SSSR count). The molecule has 0 heterocycles. The lowest BCUT2D eigenvalue weighted by Gasteiger charge is -2.24. The third-order valence-corrected chi connectivity index (χ3v) is 3.07. The molecule has 0 aliphatic carbocycles. The first-order valence-electron chi connectivity index (χ1n) is 6.25. The fraction of sp³-hybridized carbons (Fsp3) is 0.917. The Hall–Kier alpha value is -0.750. The van der Waals surface area contributed by atoms with Crippen molar-refractivity contribution >= 4 is 5.84 Å². The molecule has 0 saturated carbocycles. The number of nitrogens with two attached hydrogens (primary N) is 1. The van der Waals surface area contributed by atoms with E-state index in [9.17, 15) is 8.78 Å². The van der Waals surface area contributed by atoms with Crippen molar-refractivity contribution in [2.24, 2.45) is 11.1 Å². The SMILES string of the molecule is CC(C)(CCCCN(CCO)CC(F)F)C(=N)N. The normalized spacial score (nSPS) is 12.4. The van der Waals surface area contributed by atoms with Crippen LogP contribution in [0.2, 0.25) is 0 Å². The van der Waals surface area contributed by atoms with Crippen LogP contribution in [0.3, 0.4) is 0 Å². The third kappa shape index (κ3) is 7.55. The van der Waals surface area contributed by atoms with E-state index in [-0.39, 0.29) is 30.9 Å². The van der Waals surface area contributed by atoms with Gasteiger partial charge in [-0.05, 0) is 19.4 Å². The maximum Gasteiger partial charge on any atom is 0.251 e. The van der Waals surface area contributed by atoms with Gasteiger partial charge >= 0.3 is 0 Å². The number of amidine groups is 1. The minimum Gasteiger partial charge on any atom is -0.395 e. The first-order valence-corrected chi connectivity index (χ1v) is 6.25. The van der Waals surface area contributed by atoms with Crippen molar-refractivity contribution in [3.05, 3.63) is 0 Å². The Morgan fingerprint density at radius 2 is 1.94 bits per heavy atom. The quantitative estimate of drug-likeness (QED) is 0.320.